The Hall–Kier alpha value is -0.610. The van der Waals surface area contributed by atoms with Crippen LogP contribution in [0.1, 0.15) is 45.4 Å². The Balaban J connectivity index is 2.34. The summed E-state index contributed by atoms with van der Waals surface area (Å²) in [6, 6.07) is 0. The van der Waals surface area contributed by atoms with Crippen LogP contribution in [0.4, 0.5) is 0 Å². The highest BCUT2D eigenvalue weighted by Crippen LogP contribution is 2.36. The number of aliphatic hydroxyl groups is 2. The van der Waals surface area contributed by atoms with Gasteiger partial charge in [0.15, 0.2) is 0 Å². The third-order valence-electron chi connectivity index (χ3n) is 3.42. The normalized spacial score (nSPS) is 20.7. The highest BCUT2D eigenvalue weighted by Gasteiger charge is 2.35. The molecule has 0 aromatic carbocycles. The van der Waals surface area contributed by atoms with E-state index in [1.54, 1.807) is 0 Å². The first-order chi connectivity index (χ1) is 7.65. The maximum Gasteiger partial charge on any atom is 0.306 e. The molecule has 4 nitrogen and oxygen atoms in total. The standard InChI is InChI=1S/C12H22O4/c1-2-3-11(15)16-10-4-6-12(8-13,9-14)7-5-10/h10,13-14H,2-9H2,1H3. The van der Waals surface area contributed by atoms with Crippen molar-refractivity contribution in [2.24, 2.45) is 5.41 Å². The third kappa shape index (κ3) is 3.46. The van der Waals surface area contributed by atoms with Crippen LogP contribution in [0.3, 0.4) is 0 Å². The van der Waals surface area contributed by atoms with Gasteiger partial charge in [-0.3, -0.25) is 4.79 Å². The predicted molar refractivity (Wildman–Crippen MR) is 59.9 cm³/mol. The van der Waals surface area contributed by atoms with Crippen molar-refractivity contribution in [3.05, 3.63) is 0 Å². The van der Waals surface area contributed by atoms with Gasteiger partial charge in [-0.1, -0.05) is 6.92 Å². The van der Waals surface area contributed by atoms with Gasteiger partial charge in [0.05, 0.1) is 13.2 Å². The van der Waals surface area contributed by atoms with Crippen LogP contribution in [0.5, 0.6) is 0 Å². The summed E-state index contributed by atoms with van der Waals surface area (Å²) in [5, 5.41) is 18.5. The van der Waals surface area contributed by atoms with Crippen LogP contribution < -0.4 is 0 Å². The minimum absolute atomic E-state index is 0.0130. The molecule has 0 aliphatic heterocycles. The summed E-state index contributed by atoms with van der Waals surface area (Å²) in [5.74, 6) is -0.131. The Morgan fingerprint density at radius 3 is 2.31 bits per heavy atom. The van der Waals surface area contributed by atoms with Gasteiger partial charge < -0.3 is 14.9 Å². The first-order valence-electron chi connectivity index (χ1n) is 6.07. The molecule has 0 atom stereocenters. The van der Waals surface area contributed by atoms with Gasteiger partial charge in [0.25, 0.3) is 0 Å². The molecular weight excluding hydrogens is 208 g/mol. The van der Waals surface area contributed by atoms with E-state index in [4.69, 9.17) is 4.74 Å². The second-order valence-corrected chi connectivity index (χ2v) is 4.76. The van der Waals surface area contributed by atoms with Crippen LogP contribution in [0.15, 0.2) is 0 Å². The number of esters is 1. The van der Waals surface area contributed by atoms with E-state index in [-0.39, 0.29) is 30.7 Å². The van der Waals surface area contributed by atoms with Gasteiger partial charge in [-0.2, -0.15) is 0 Å². The van der Waals surface area contributed by atoms with E-state index in [1.807, 2.05) is 6.92 Å². The first kappa shape index (κ1) is 13.5. The number of aliphatic hydroxyl groups excluding tert-OH is 2. The lowest BCUT2D eigenvalue weighted by Gasteiger charge is -2.37. The summed E-state index contributed by atoms with van der Waals surface area (Å²) in [6.07, 6.45) is 4.20. The van der Waals surface area contributed by atoms with Crippen molar-refractivity contribution in [2.45, 2.75) is 51.6 Å². The lowest BCUT2D eigenvalue weighted by Crippen LogP contribution is -2.37. The summed E-state index contributed by atoms with van der Waals surface area (Å²) < 4.78 is 5.31. The molecule has 0 bridgehead atoms. The summed E-state index contributed by atoms with van der Waals surface area (Å²) in [6.45, 7) is 1.98. The van der Waals surface area contributed by atoms with Crippen molar-refractivity contribution in [1.82, 2.24) is 0 Å². The Morgan fingerprint density at radius 2 is 1.88 bits per heavy atom. The average Bonchev–Trinajstić information content (AvgIpc) is 2.31. The number of hydrogen-bond donors (Lipinski definition) is 2. The highest BCUT2D eigenvalue weighted by atomic mass is 16.5. The van der Waals surface area contributed by atoms with Gasteiger partial charge in [-0.25, -0.2) is 0 Å². The molecule has 1 fully saturated rings. The van der Waals surface area contributed by atoms with Gasteiger partial charge in [0, 0.05) is 11.8 Å². The van der Waals surface area contributed by atoms with Crippen LogP contribution in [-0.2, 0) is 9.53 Å². The number of ether oxygens (including phenoxy) is 1. The van der Waals surface area contributed by atoms with E-state index in [0.717, 1.165) is 32.1 Å². The first-order valence-corrected chi connectivity index (χ1v) is 6.07. The Morgan fingerprint density at radius 1 is 1.31 bits per heavy atom. The fourth-order valence-corrected chi connectivity index (χ4v) is 2.14. The van der Waals surface area contributed by atoms with Crippen molar-refractivity contribution < 1.29 is 19.7 Å². The molecule has 0 aromatic heterocycles. The predicted octanol–water partition coefficient (Wildman–Crippen LogP) is 1.24. The molecule has 0 radical (unpaired) electrons. The lowest BCUT2D eigenvalue weighted by molar-refractivity contribution is -0.152. The Bertz CT molecular complexity index is 213. The van der Waals surface area contributed by atoms with E-state index in [0.29, 0.717) is 6.42 Å². The molecule has 1 aliphatic carbocycles. The van der Waals surface area contributed by atoms with Crippen molar-refractivity contribution >= 4 is 5.97 Å². The smallest absolute Gasteiger partial charge is 0.306 e. The van der Waals surface area contributed by atoms with Crippen molar-refractivity contribution in [3.8, 4) is 0 Å². The van der Waals surface area contributed by atoms with Crippen LogP contribution in [-0.4, -0.2) is 35.5 Å². The van der Waals surface area contributed by atoms with Crippen LogP contribution in [0, 0.1) is 5.41 Å². The number of hydrogen-bond acceptors (Lipinski definition) is 4. The Labute approximate surface area is 96.6 Å². The summed E-state index contributed by atoms with van der Waals surface area (Å²) in [7, 11) is 0. The second kappa shape index (κ2) is 6.21. The number of carbonyl (C=O) groups excluding carboxylic acids is 1. The molecule has 16 heavy (non-hydrogen) atoms. The van der Waals surface area contributed by atoms with Crippen molar-refractivity contribution in [1.29, 1.82) is 0 Å². The minimum atomic E-state index is -0.354. The monoisotopic (exact) mass is 230 g/mol. The highest BCUT2D eigenvalue weighted by molar-refractivity contribution is 5.69. The molecule has 4 heteroatoms. The molecule has 1 aliphatic rings. The van der Waals surface area contributed by atoms with Crippen LogP contribution >= 0.6 is 0 Å². The maximum absolute atomic E-state index is 11.3. The molecule has 0 spiro atoms. The second-order valence-electron chi connectivity index (χ2n) is 4.76. The van der Waals surface area contributed by atoms with E-state index in [2.05, 4.69) is 0 Å². The zero-order valence-corrected chi connectivity index (χ0v) is 9.95. The van der Waals surface area contributed by atoms with E-state index in [9.17, 15) is 15.0 Å². The molecule has 2 N–H and O–H groups in total. The molecule has 0 amide bonds. The van der Waals surface area contributed by atoms with Crippen molar-refractivity contribution in [3.63, 3.8) is 0 Å². The lowest BCUT2D eigenvalue weighted by atomic mass is 9.74. The molecule has 1 rings (SSSR count). The van der Waals surface area contributed by atoms with Crippen LogP contribution in [0.25, 0.3) is 0 Å². The fourth-order valence-electron chi connectivity index (χ4n) is 2.14. The largest absolute Gasteiger partial charge is 0.462 e. The SMILES string of the molecule is CCCC(=O)OC1CCC(CO)(CO)CC1. The quantitative estimate of drug-likeness (QED) is 0.697. The zero-order chi connectivity index (χ0) is 12.0. The number of carbonyl (C=O) groups is 1. The maximum atomic E-state index is 11.3. The summed E-state index contributed by atoms with van der Waals surface area (Å²) in [5.41, 5.74) is -0.354. The zero-order valence-electron chi connectivity index (χ0n) is 9.95. The van der Waals surface area contributed by atoms with Gasteiger partial charge >= 0.3 is 5.97 Å². The molecule has 0 aromatic rings. The summed E-state index contributed by atoms with van der Waals surface area (Å²) in [4.78, 5) is 11.3. The van der Waals surface area contributed by atoms with Gasteiger partial charge in [-0.15, -0.1) is 0 Å². The minimum Gasteiger partial charge on any atom is -0.462 e. The van der Waals surface area contributed by atoms with Gasteiger partial charge in [0.1, 0.15) is 6.10 Å². The fraction of sp³-hybridized carbons (Fsp3) is 0.917. The van der Waals surface area contributed by atoms with E-state index in [1.165, 1.54) is 0 Å². The third-order valence-corrected chi connectivity index (χ3v) is 3.42. The average molecular weight is 230 g/mol. The van der Waals surface area contributed by atoms with Gasteiger partial charge in [0.2, 0.25) is 0 Å². The molecule has 0 saturated heterocycles. The molecular formula is C12H22O4. The van der Waals surface area contributed by atoms with Crippen LogP contribution in [0.2, 0.25) is 0 Å². The number of rotatable bonds is 5. The van der Waals surface area contributed by atoms with E-state index < -0.39 is 0 Å². The van der Waals surface area contributed by atoms with Crippen molar-refractivity contribution in [2.75, 3.05) is 13.2 Å². The van der Waals surface area contributed by atoms with Gasteiger partial charge in [-0.05, 0) is 32.1 Å². The molecule has 1 saturated carbocycles. The topological polar surface area (TPSA) is 66.8 Å². The molecule has 0 heterocycles. The molecule has 0 unspecified atom stereocenters. The Kier molecular flexibility index (Phi) is 5.22. The van der Waals surface area contributed by atoms with E-state index >= 15 is 0 Å². The summed E-state index contributed by atoms with van der Waals surface area (Å²) >= 11 is 0. The molecule has 94 valence electrons.